The van der Waals surface area contributed by atoms with Gasteiger partial charge in [-0.05, 0) is 50.9 Å². The third kappa shape index (κ3) is 2.76. The maximum atomic E-state index is 13.0. The second-order valence-corrected chi connectivity index (χ2v) is 5.72. The van der Waals surface area contributed by atoms with E-state index in [9.17, 15) is 10.1 Å². The molecule has 1 aromatic carbocycles. The van der Waals surface area contributed by atoms with Crippen LogP contribution in [0.5, 0.6) is 0 Å². The summed E-state index contributed by atoms with van der Waals surface area (Å²) in [5, 5.41) is 12.6. The molecule has 0 bridgehead atoms. The zero-order valence-corrected chi connectivity index (χ0v) is 12.8. The van der Waals surface area contributed by atoms with Crippen LogP contribution in [0.4, 0.5) is 5.69 Å². The van der Waals surface area contributed by atoms with Gasteiger partial charge in [-0.15, -0.1) is 12.4 Å². The van der Waals surface area contributed by atoms with Gasteiger partial charge in [0.25, 0.3) is 0 Å². The van der Waals surface area contributed by atoms with Crippen LogP contribution < -0.4 is 10.2 Å². The van der Waals surface area contributed by atoms with Crippen molar-refractivity contribution < 1.29 is 4.79 Å². The number of benzene rings is 1. The van der Waals surface area contributed by atoms with Gasteiger partial charge in [0.05, 0.1) is 16.7 Å². The van der Waals surface area contributed by atoms with Gasteiger partial charge in [0.15, 0.2) is 0 Å². The molecule has 0 radical (unpaired) electrons. The van der Waals surface area contributed by atoms with E-state index in [0.717, 1.165) is 51.0 Å². The van der Waals surface area contributed by atoms with Gasteiger partial charge in [-0.1, -0.05) is 12.1 Å². The van der Waals surface area contributed by atoms with Gasteiger partial charge in [0.1, 0.15) is 6.07 Å². The van der Waals surface area contributed by atoms with Gasteiger partial charge in [0, 0.05) is 6.54 Å². The Morgan fingerprint density at radius 3 is 2.62 bits per heavy atom. The van der Waals surface area contributed by atoms with Gasteiger partial charge in [-0.2, -0.15) is 5.26 Å². The van der Waals surface area contributed by atoms with Crippen LogP contribution in [0.15, 0.2) is 24.3 Å². The number of carbonyl (C=O) groups is 1. The lowest BCUT2D eigenvalue weighted by molar-refractivity contribution is -0.132. The van der Waals surface area contributed by atoms with E-state index in [1.54, 1.807) is 6.07 Å². The number of nitriles is 1. The minimum absolute atomic E-state index is 0. The molecule has 1 spiro atoms. The maximum absolute atomic E-state index is 13.0. The number of piperidine rings is 2. The predicted octanol–water partition coefficient (Wildman–Crippen LogP) is 2.48. The molecule has 1 amide bonds. The minimum Gasteiger partial charge on any atom is -0.317 e. The number of halogens is 1. The number of amides is 1. The Hall–Kier alpha value is -1.57. The molecular formula is C16H20ClN3O. The molecule has 1 aromatic rings. The highest BCUT2D eigenvalue weighted by Gasteiger charge is 2.44. The Kier molecular flexibility index (Phi) is 4.87. The molecule has 5 heteroatoms. The summed E-state index contributed by atoms with van der Waals surface area (Å²) in [7, 11) is 0. The van der Waals surface area contributed by atoms with Crippen molar-refractivity contribution in [2.24, 2.45) is 5.41 Å². The van der Waals surface area contributed by atoms with Crippen molar-refractivity contribution in [3.8, 4) is 6.07 Å². The van der Waals surface area contributed by atoms with E-state index in [1.165, 1.54) is 0 Å². The topological polar surface area (TPSA) is 56.1 Å². The molecule has 0 aromatic heterocycles. The smallest absolute Gasteiger partial charge is 0.233 e. The van der Waals surface area contributed by atoms with Crippen LogP contribution in [0, 0.1) is 16.7 Å². The van der Waals surface area contributed by atoms with Crippen LogP contribution in [-0.2, 0) is 4.79 Å². The fourth-order valence-corrected chi connectivity index (χ4v) is 3.47. The molecule has 112 valence electrons. The van der Waals surface area contributed by atoms with E-state index in [1.807, 2.05) is 23.1 Å². The Balaban J connectivity index is 0.00000161. The van der Waals surface area contributed by atoms with Crippen LogP contribution in [0.2, 0.25) is 0 Å². The Morgan fingerprint density at radius 1 is 1.19 bits per heavy atom. The summed E-state index contributed by atoms with van der Waals surface area (Å²) in [6.45, 7) is 2.56. The lowest BCUT2D eigenvalue weighted by atomic mass is 9.72. The number of rotatable bonds is 1. The van der Waals surface area contributed by atoms with Crippen molar-refractivity contribution in [2.75, 3.05) is 24.5 Å². The number of hydrogen-bond acceptors (Lipinski definition) is 3. The number of hydrogen-bond donors (Lipinski definition) is 1. The second-order valence-electron chi connectivity index (χ2n) is 5.72. The van der Waals surface area contributed by atoms with Crippen LogP contribution in [0.25, 0.3) is 0 Å². The Morgan fingerprint density at radius 2 is 1.90 bits per heavy atom. The van der Waals surface area contributed by atoms with Crippen molar-refractivity contribution >= 4 is 24.0 Å². The quantitative estimate of drug-likeness (QED) is 0.867. The standard InChI is InChI=1S/C16H19N3O.ClH/c17-12-13-4-1-2-5-14(13)19-11-3-6-16(15(19)20)7-9-18-10-8-16;/h1-2,4-5,18H,3,6-11H2;1H. The third-order valence-electron chi connectivity index (χ3n) is 4.61. The first-order valence-corrected chi connectivity index (χ1v) is 7.29. The molecule has 0 atom stereocenters. The summed E-state index contributed by atoms with van der Waals surface area (Å²) in [5.41, 5.74) is 1.16. The Bertz CT molecular complexity index is 555. The molecule has 21 heavy (non-hydrogen) atoms. The molecule has 0 unspecified atom stereocenters. The summed E-state index contributed by atoms with van der Waals surface area (Å²) in [4.78, 5) is 14.8. The molecule has 0 saturated carbocycles. The maximum Gasteiger partial charge on any atom is 0.233 e. The van der Waals surface area contributed by atoms with Crippen molar-refractivity contribution in [3.63, 3.8) is 0 Å². The first-order valence-electron chi connectivity index (χ1n) is 7.29. The number of anilines is 1. The normalized spacial score (nSPS) is 20.7. The second kappa shape index (κ2) is 6.46. The van der Waals surface area contributed by atoms with Gasteiger partial charge >= 0.3 is 0 Å². The van der Waals surface area contributed by atoms with Crippen LogP contribution >= 0.6 is 12.4 Å². The van der Waals surface area contributed by atoms with E-state index in [4.69, 9.17) is 0 Å². The lowest BCUT2D eigenvalue weighted by Gasteiger charge is -2.44. The molecule has 2 aliphatic rings. The molecule has 2 saturated heterocycles. The molecule has 0 aliphatic carbocycles. The van der Waals surface area contributed by atoms with Crippen LogP contribution in [0.1, 0.15) is 31.2 Å². The highest BCUT2D eigenvalue weighted by Crippen LogP contribution is 2.41. The van der Waals surface area contributed by atoms with Crippen LogP contribution in [-0.4, -0.2) is 25.5 Å². The summed E-state index contributed by atoms with van der Waals surface area (Å²) < 4.78 is 0. The minimum atomic E-state index is -0.202. The molecular weight excluding hydrogens is 286 g/mol. The number of para-hydroxylation sites is 1. The van der Waals surface area contributed by atoms with E-state index in [-0.39, 0.29) is 23.7 Å². The van der Waals surface area contributed by atoms with E-state index in [0.29, 0.717) is 5.56 Å². The zero-order valence-electron chi connectivity index (χ0n) is 12.0. The number of nitrogens with zero attached hydrogens (tertiary/aromatic N) is 2. The molecule has 1 N–H and O–H groups in total. The molecule has 2 aliphatic heterocycles. The third-order valence-corrected chi connectivity index (χ3v) is 4.61. The SMILES string of the molecule is Cl.N#Cc1ccccc1N1CCCC2(CCNCC2)C1=O. The van der Waals surface area contributed by atoms with Gasteiger partial charge < -0.3 is 10.2 Å². The highest BCUT2D eigenvalue weighted by atomic mass is 35.5. The average molecular weight is 306 g/mol. The van der Waals surface area contributed by atoms with Gasteiger partial charge in [-0.25, -0.2) is 0 Å². The fourth-order valence-electron chi connectivity index (χ4n) is 3.47. The first-order chi connectivity index (χ1) is 9.77. The number of nitrogens with one attached hydrogen (secondary N) is 1. The average Bonchev–Trinajstić information content (AvgIpc) is 2.51. The fraction of sp³-hybridized carbons (Fsp3) is 0.500. The summed E-state index contributed by atoms with van der Waals surface area (Å²) in [5.74, 6) is 0.216. The zero-order chi connectivity index (χ0) is 14.0. The first kappa shape index (κ1) is 15.8. The van der Waals surface area contributed by atoms with E-state index >= 15 is 0 Å². The van der Waals surface area contributed by atoms with Gasteiger partial charge in [-0.3, -0.25) is 4.79 Å². The summed E-state index contributed by atoms with van der Waals surface area (Å²) >= 11 is 0. The van der Waals surface area contributed by atoms with Gasteiger partial charge in [0.2, 0.25) is 5.91 Å². The molecule has 4 nitrogen and oxygen atoms in total. The highest BCUT2D eigenvalue weighted by molar-refractivity contribution is 5.99. The van der Waals surface area contributed by atoms with Crippen molar-refractivity contribution in [1.29, 1.82) is 5.26 Å². The molecule has 3 rings (SSSR count). The van der Waals surface area contributed by atoms with E-state index in [2.05, 4.69) is 11.4 Å². The molecule has 2 fully saturated rings. The molecule has 2 heterocycles. The van der Waals surface area contributed by atoms with Crippen LogP contribution in [0.3, 0.4) is 0 Å². The number of carbonyl (C=O) groups excluding carboxylic acids is 1. The largest absolute Gasteiger partial charge is 0.317 e. The lowest BCUT2D eigenvalue weighted by Crippen LogP contribution is -2.53. The van der Waals surface area contributed by atoms with Crippen molar-refractivity contribution in [2.45, 2.75) is 25.7 Å². The Labute approximate surface area is 131 Å². The summed E-state index contributed by atoms with van der Waals surface area (Å²) in [6, 6.07) is 9.61. The van der Waals surface area contributed by atoms with E-state index < -0.39 is 0 Å². The van der Waals surface area contributed by atoms with Crippen molar-refractivity contribution in [1.82, 2.24) is 5.32 Å². The summed E-state index contributed by atoms with van der Waals surface area (Å²) in [6.07, 6.45) is 3.83. The predicted molar refractivity (Wildman–Crippen MR) is 84.5 cm³/mol. The van der Waals surface area contributed by atoms with Crippen molar-refractivity contribution in [3.05, 3.63) is 29.8 Å². The monoisotopic (exact) mass is 305 g/mol.